The smallest absolute Gasteiger partial charge is 0.267 e. The van der Waals surface area contributed by atoms with Crippen LogP contribution in [0.15, 0.2) is 60.8 Å². The molecule has 1 aliphatic rings. The van der Waals surface area contributed by atoms with Crippen molar-refractivity contribution in [1.82, 2.24) is 9.88 Å². The SMILES string of the molecule is O=C(Nc1cccc(C(=O)N2CCOCC2)c1)c1cnc(-c2ccccc2)s1. The number of hydrogen-bond donors (Lipinski definition) is 1. The number of thiazole rings is 1. The molecule has 2 amide bonds. The van der Waals surface area contributed by atoms with Gasteiger partial charge in [0.1, 0.15) is 9.88 Å². The quantitative estimate of drug-likeness (QED) is 0.736. The Labute approximate surface area is 166 Å². The van der Waals surface area contributed by atoms with Gasteiger partial charge in [0, 0.05) is 29.9 Å². The van der Waals surface area contributed by atoms with E-state index in [4.69, 9.17) is 4.74 Å². The Hall–Kier alpha value is -3.03. The number of benzene rings is 2. The fourth-order valence-electron chi connectivity index (χ4n) is 2.96. The number of nitrogens with one attached hydrogen (secondary N) is 1. The molecule has 0 atom stereocenters. The summed E-state index contributed by atoms with van der Waals surface area (Å²) in [6.07, 6.45) is 1.57. The number of nitrogens with zero attached hydrogens (tertiary/aromatic N) is 2. The summed E-state index contributed by atoms with van der Waals surface area (Å²) < 4.78 is 5.29. The Kier molecular flexibility index (Phi) is 5.45. The summed E-state index contributed by atoms with van der Waals surface area (Å²) in [6, 6.07) is 16.7. The predicted octanol–water partition coefficient (Wildman–Crippen LogP) is 3.53. The second-order valence-electron chi connectivity index (χ2n) is 6.34. The Bertz CT molecular complexity index is 981. The van der Waals surface area contributed by atoms with Crippen molar-refractivity contribution in [2.45, 2.75) is 0 Å². The highest BCUT2D eigenvalue weighted by Gasteiger charge is 2.19. The average Bonchev–Trinajstić information content (AvgIpc) is 3.25. The molecular weight excluding hydrogens is 374 g/mol. The minimum absolute atomic E-state index is 0.0523. The van der Waals surface area contributed by atoms with E-state index < -0.39 is 0 Å². The van der Waals surface area contributed by atoms with E-state index in [2.05, 4.69) is 10.3 Å². The maximum absolute atomic E-state index is 12.6. The van der Waals surface area contributed by atoms with Crippen LogP contribution in [0.25, 0.3) is 10.6 Å². The molecule has 0 saturated carbocycles. The van der Waals surface area contributed by atoms with Crippen LogP contribution in [0, 0.1) is 0 Å². The zero-order valence-electron chi connectivity index (χ0n) is 15.1. The Morgan fingerprint density at radius 1 is 1.04 bits per heavy atom. The van der Waals surface area contributed by atoms with E-state index in [-0.39, 0.29) is 11.8 Å². The van der Waals surface area contributed by atoms with Gasteiger partial charge in [0.2, 0.25) is 0 Å². The van der Waals surface area contributed by atoms with Gasteiger partial charge in [0.05, 0.1) is 19.4 Å². The topological polar surface area (TPSA) is 71.5 Å². The molecule has 2 heterocycles. The molecule has 2 aromatic carbocycles. The average molecular weight is 393 g/mol. The lowest BCUT2D eigenvalue weighted by Gasteiger charge is -2.27. The number of carbonyl (C=O) groups is 2. The molecule has 0 aliphatic carbocycles. The molecule has 1 fully saturated rings. The van der Waals surface area contributed by atoms with Crippen molar-refractivity contribution in [3.05, 3.63) is 71.2 Å². The molecule has 4 rings (SSSR count). The summed E-state index contributed by atoms with van der Waals surface area (Å²) in [7, 11) is 0. The van der Waals surface area contributed by atoms with E-state index >= 15 is 0 Å². The van der Waals surface area contributed by atoms with Crippen LogP contribution in [-0.4, -0.2) is 48.0 Å². The number of morpholine rings is 1. The Balaban J connectivity index is 1.46. The first-order valence-electron chi connectivity index (χ1n) is 9.00. The lowest BCUT2D eigenvalue weighted by atomic mass is 10.1. The lowest BCUT2D eigenvalue weighted by molar-refractivity contribution is 0.0303. The second-order valence-corrected chi connectivity index (χ2v) is 7.37. The highest BCUT2D eigenvalue weighted by atomic mass is 32.1. The van der Waals surface area contributed by atoms with E-state index in [1.807, 2.05) is 30.3 Å². The van der Waals surface area contributed by atoms with Crippen molar-refractivity contribution < 1.29 is 14.3 Å². The second kappa shape index (κ2) is 8.33. The van der Waals surface area contributed by atoms with Gasteiger partial charge >= 0.3 is 0 Å². The van der Waals surface area contributed by atoms with E-state index in [0.717, 1.165) is 10.6 Å². The molecule has 0 unspecified atom stereocenters. The molecule has 1 saturated heterocycles. The summed E-state index contributed by atoms with van der Waals surface area (Å²) in [5, 5.41) is 3.65. The number of rotatable bonds is 4. The van der Waals surface area contributed by atoms with Gasteiger partial charge in [-0.15, -0.1) is 11.3 Å². The molecule has 1 aromatic heterocycles. The van der Waals surface area contributed by atoms with Gasteiger partial charge in [-0.2, -0.15) is 0 Å². The van der Waals surface area contributed by atoms with Gasteiger partial charge in [0.15, 0.2) is 0 Å². The van der Waals surface area contributed by atoms with Crippen LogP contribution in [0.1, 0.15) is 20.0 Å². The van der Waals surface area contributed by atoms with Gasteiger partial charge in [-0.3, -0.25) is 9.59 Å². The molecular formula is C21H19N3O3S. The van der Waals surface area contributed by atoms with Crippen molar-refractivity contribution in [3.63, 3.8) is 0 Å². The van der Waals surface area contributed by atoms with E-state index in [9.17, 15) is 9.59 Å². The molecule has 0 radical (unpaired) electrons. The van der Waals surface area contributed by atoms with Crippen LogP contribution in [-0.2, 0) is 4.74 Å². The molecule has 6 nitrogen and oxygen atoms in total. The molecule has 0 spiro atoms. The standard InChI is InChI=1S/C21H19N3O3S/c25-19(18-14-22-20(28-18)15-5-2-1-3-6-15)23-17-8-4-7-16(13-17)21(26)24-9-11-27-12-10-24/h1-8,13-14H,9-12H2,(H,23,25). The van der Waals surface area contributed by atoms with Gasteiger partial charge in [-0.1, -0.05) is 36.4 Å². The first-order chi connectivity index (χ1) is 13.7. The fraction of sp³-hybridized carbons (Fsp3) is 0.190. The van der Waals surface area contributed by atoms with Crippen LogP contribution in [0.3, 0.4) is 0 Å². The normalized spacial score (nSPS) is 13.9. The zero-order valence-corrected chi connectivity index (χ0v) is 15.9. The highest BCUT2D eigenvalue weighted by Crippen LogP contribution is 2.25. The van der Waals surface area contributed by atoms with Crippen molar-refractivity contribution >= 4 is 28.8 Å². The van der Waals surface area contributed by atoms with E-state index in [1.54, 1.807) is 35.4 Å². The molecule has 7 heteroatoms. The van der Waals surface area contributed by atoms with Crippen molar-refractivity contribution in [2.24, 2.45) is 0 Å². The third-order valence-electron chi connectivity index (χ3n) is 4.42. The summed E-state index contributed by atoms with van der Waals surface area (Å²) in [4.78, 5) is 31.8. The molecule has 3 aromatic rings. The highest BCUT2D eigenvalue weighted by molar-refractivity contribution is 7.17. The third-order valence-corrected chi connectivity index (χ3v) is 5.46. The number of hydrogen-bond acceptors (Lipinski definition) is 5. The largest absolute Gasteiger partial charge is 0.378 e. The monoisotopic (exact) mass is 393 g/mol. The lowest BCUT2D eigenvalue weighted by Crippen LogP contribution is -2.40. The minimum Gasteiger partial charge on any atom is -0.378 e. The van der Waals surface area contributed by atoms with E-state index in [0.29, 0.717) is 42.4 Å². The van der Waals surface area contributed by atoms with Crippen LogP contribution >= 0.6 is 11.3 Å². The zero-order chi connectivity index (χ0) is 19.3. The molecule has 0 bridgehead atoms. The number of carbonyl (C=O) groups excluding carboxylic acids is 2. The number of aromatic nitrogens is 1. The van der Waals surface area contributed by atoms with Crippen LogP contribution < -0.4 is 5.32 Å². The Morgan fingerprint density at radius 2 is 1.82 bits per heavy atom. The van der Waals surface area contributed by atoms with E-state index in [1.165, 1.54) is 11.3 Å². The van der Waals surface area contributed by atoms with Crippen LogP contribution in [0.5, 0.6) is 0 Å². The molecule has 142 valence electrons. The molecule has 28 heavy (non-hydrogen) atoms. The first kappa shape index (κ1) is 18.3. The van der Waals surface area contributed by atoms with Gasteiger partial charge in [0.25, 0.3) is 11.8 Å². The summed E-state index contributed by atoms with van der Waals surface area (Å²) in [5.74, 6) is -0.292. The van der Waals surface area contributed by atoms with Crippen LogP contribution in [0.2, 0.25) is 0 Å². The maximum atomic E-state index is 12.6. The van der Waals surface area contributed by atoms with Crippen molar-refractivity contribution in [2.75, 3.05) is 31.6 Å². The summed E-state index contributed by atoms with van der Waals surface area (Å²) >= 11 is 1.33. The summed E-state index contributed by atoms with van der Waals surface area (Å²) in [6.45, 7) is 2.27. The van der Waals surface area contributed by atoms with Crippen molar-refractivity contribution in [1.29, 1.82) is 0 Å². The third kappa shape index (κ3) is 4.11. The van der Waals surface area contributed by atoms with Gasteiger partial charge < -0.3 is 15.0 Å². The number of ether oxygens (including phenoxy) is 1. The number of anilines is 1. The van der Waals surface area contributed by atoms with Gasteiger partial charge in [-0.05, 0) is 18.2 Å². The maximum Gasteiger partial charge on any atom is 0.267 e. The number of amides is 2. The Morgan fingerprint density at radius 3 is 2.61 bits per heavy atom. The first-order valence-corrected chi connectivity index (χ1v) is 9.82. The van der Waals surface area contributed by atoms with Crippen molar-refractivity contribution in [3.8, 4) is 10.6 Å². The fourth-order valence-corrected chi connectivity index (χ4v) is 3.78. The van der Waals surface area contributed by atoms with Gasteiger partial charge in [-0.25, -0.2) is 4.98 Å². The molecule has 1 aliphatic heterocycles. The minimum atomic E-state index is -0.240. The van der Waals surface area contributed by atoms with Crippen LogP contribution in [0.4, 0.5) is 5.69 Å². The summed E-state index contributed by atoms with van der Waals surface area (Å²) in [5.41, 5.74) is 2.11. The predicted molar refractivity (Wildman–Crippen MR) is 109 cm³/mol. The molecule has 1 N–H and O–H groups in total.